The van der Waals surface area contributed by atoms with Crippen molar-refractivity contribution in [1.82, 2.24) is 0 Å². The van der Waals surface area contributed by atoms with E-state index in [9.17, 15) is 29.7 Å². The van der Waals surface area contributed by atoms with Crippen molar-refractivity contribution in [2.24, 2.45) is 10.6 Å². The van der Waals surface area contributed by atoms with Crippen molar-refractivity contribution in [3.63, 3.8) is 0 Å². The van der Waals surface area contributed by atoms with Gasteiger partial charge in [0.15, 0.2) is 0 Å². The Morgan fingerprint density at radius 2 is 1.04 bits per heavy atom. The molecule has 45 heavy (non-hydrogen) atoms. The van der Waals surface area contributed by atoms with Gasteiger partial charge in [-0.3, -0.25) is 37.3 Å². The number of nitrogens with one attached hydrogen (secondary N) is 5. The highest BCUT2D eigenvalue weighted by Gasteiger charge is 2.34. The number of carbonyl (C=O) groups excluding carboxylic acids is 3. The second-order valence-corrected chi connectivity index (χ2v) is 10.3. The van der Waals surface area contributed by atoms with Gasteiger partial charge in [-0.25, -0.2) is 14.4 Å². The number of rotatable bonds is 13. The molecule has 15 heteroatoms. The Balaban J connectivity index is 1.71. The van der Waals surface area contributed by atoms with Crippen molar-refractivity contribution in [3.8, 4) is 0 Å². The molecule has 0 unspecified atom stereocenters. The molecule has 0 aromatic heterocycles. The van der Waals surface area contributed by atoms with Crippen molar-refractivity contribution in [3.05, 3.63) is 76.2 Å². The molecule has 0 saturated carbocycles. The Morgan fingerprint density at radius 3 is 1.40 bits per heavy atom. The van der Waals surface area contributed by atoms with E-state index in [1.807, 2.05) is 11.0 Å². The molecular formula is C30H36N6O9. The van der Waals surface area contributed by atoms with Crippen molar-refractivity contribution in [2.45, 2.75) is 34.1 Å². The number of anilines is 5. The molecule has 7 N–H and O–H groups in total. The molecule has 0 bridgehead atoms. The lowest BCUT2D eigenvalue weighted by Gasteiger charge is -2.31. The number of amides is 3. The number of carbonyl (C=O) groups is 3. The molecule has 0 saturated heterocycles. The molecule has 3 aromatic rings. The van der Waals surface area contributed by atoms with Crippen molar-refractivity contribution < 1.29 is 39.0 Å². The maximum atomic E-state index is 12.7. The van der Waals surface area contributed by atoms with Crippen molar-refractivity contribution >= 4 is 52.4 Å². The van der Waals surface area contributed by atoms with E-state index in [1.54, 1.807) is 64.1 Å². The molecule has 0 aliphatic carbocycles. The van der Waals surface area contributed by atoms with Crippen molar-refractivity contribution in [1.29, 1.82) is 0 Å². The quantitative estimate of drug-likeness (QED) is 0.0581. The van der Waals surface area contributed by atoms with E-state index in [4.69, 9.17) is 14.2 Å². The fourth-order valence-electron chi connectivity index (χ4n) is 3.97. The van der Waals surface area contributed by atoms with Crippen LogP contribution in [0.5, 0.6) is 0 Å². The smallest absolute Gasteiger partial charge is 0.411 e. The van der Waals surface area contributed by atoms with Crippen LogP contribution in [0, 0.1) is 31.1 Å². The van der Waals surface area contributed by atoms with Crippen LogP contribution in [-0.2, 0) is 14.2 Å². The SMILES string of the molecule is CCC(COC(=O)Nc1ccc(C)c(N=O)c1)(COC(=O)Nc1ccc(C)c(NO)c1)COC(=O)Nc1ccc(C)c(NO)c1. The van der Waals surface area contributed by atoms with E-state index in [0.29, 0.717) is 28.3 Å². The number of nitroso groups, excluding NO2 is 1. The first-order chi connectivity index (χ1) is 21.5. The molecule has 0 fully saturated rings. The Morgan fingerprint density at radius 1 is 0.667 bits per heavy atom. The van der Waals surface area contributed by atoms with E-state index >= 15 is 0 Å². The average molecular weight is 625 g/mol. The normalized spacial score (nSPS) is 10.7. The summed E-state index contributed by atoms with van der Waals surface area (Å²) in [5, 5.41) is 29.1. The van der Waals surface area contributed by atoms with Gasteiger partial charge in [0, 0.05) is 17.1 Å². The third-order valence-electron chi connectivity index (χ3n) is 7.04. The third-order valence-corrected chi connectivity index (χ3v) is 7.04. The first-order valence-corrected chi connectivity index (χ1v) is 13.8. The summed E-state index contributed by atoms with van der Waals surface area (Å²) < 4.78 is 16.3. The first-order valence-electron chi connectivity index (χ1n) is 13.8. The van der Waals surface area contributed by atoms with Crippen LogP contribution in [0.4, 0.5) is 48.5 Å². The molecule has 240 valence electrons. The molecule has 15 nitrogen and oxygen atoms in total. The summed E-state index contributed by atoms with van der Waals surface area (Å²) in [6.07, 6.45) is -2.30. The van der Waals surface area contributed by atoms with Gasteiger partial charge in [0.1, 0.15) is 25.5 Å². The Labute approximate surface area is 259 Å². The predicted octanol–water partition coefficient (Wildman–Crippen LogP) is 7.05. The summed E-state index contributed by atoms with van der Waals surface area (Å²) in [6.45, 7) is 6.00. The van der Waals surface area contributed by atoms with E-state index in [2.05, 4.69) is 21.1 Å². The van der Waals surface area contributed by atoms with E-state index in [1.165, 1.54) is 18.2 Å². The summed E-state index contributed by atoms with van der Waals surface area (Å²) in [7, 11) is 0. The summed E-state index contributed by atoms with van der Waals surface area (Å²) in [5.41, 5.74) is 6.90. The lowest BCUT2D eigenvalue weighted by Crippen LogP contribution is -2.40. The number of aryl methyl sites for hydroxylation is 3. The van der Waals surface area contributed by atoms with Crippen LogP contribution in [0.3, 0.4) is 0 Å². The number of hydrogen-bond acceptors (Lipinski definition) is 12. The molecule has 0 aliphatic rings. The van der Waals surface area contributed by atoms with Crippen molar-refractivity contribution in [2.75, 3.05) is 46.7 Å². The van der Waals surface area contributed by atoms with Gasteiger partial charge < -0.3 is 14.2 Å². The number of ether oxygens (including phenoxy) is 3. The van der Waals surface area contributed by atoms with Crippen LogP contribution in [-0.4, -0.2) is 48.5 Å². The highest BCUT2D eigenvalue weighted by atomic mass is 16.6. The fourth-order valence-corrected chi connectivity index (χ4v) is 3.97. The van der Waals surface area contributed by atoms with Crippen LogP contribution < -0.4 is 26.9 Å². The van der Waals surface area contributed by atoms with Gasteiger partial charge in [0.05, 0.1) is 16.8 Å². The van der Waals surface area contributed by atoms with E-state index in [-0.39, 0.29) is 37.6 Å². The van der Waals surface area contributed by atoms with Gasteiger partial charge in [-0.1, -0.05) is 25.1 Å². The zero-order chi connectivity index (χ0) is 33.0. The third kappa shape index (κ3) is 9.80. The van der Waals surface area contributed by atoms with Gasteiger partial charge in [-0.15, -0.1) is 4.91 Å². The summed E-state index contributed by atoms with van der Waals surface area (Å²) in [4.78, 5) is 49.0. The minimum atomic E-state index is -1.18. The van der Waals surface area contributed by atoms with Crippen LogP contribution in [0.2, 0.25) is 0 Å². The molecule has 0 spiro atoms. The number of nitrogens with zero attached hydrogens (tertiary/aromatic N) is 1. The lowest BCUT2D eigenvalue weighted by atomic mass is 9.88. The topological polar surface area (TPSA) is 209 Å². The van der Waals surface area contributed by atoms with Crippen LogP contribution in [0.15, 0.2) is 59.8 Å². The molecular weight excluding hydrogens is 588 g/mol. The Bertz CT molecular complexity index is 1460. The molecule has 0 heterocycles. The molecule has 0 radical (unpaired) electrons. The van der Waals surface area contributed by atoms with Gasteiger partial charge in [-0.05, 0) is 85.5 Å². The Hall–Kier alpha value is -5.41. The summed E-state index contributed by atoms with van der Waals surface area (Å²) >= 11 is 0. The molecule has 3 amide bonds. The van der Waals surface area contributed by atoms with Crippen LogP contribution >= 0.6 is 0 Å². The predicted molar refractivity (Wildman–Crippen MR) is 167 cm³/mol. The molecule has 0 atom stereocenters. The fraction of sp³-hybridized carbons (Fsp3) is 0.300. The van der Waals surface area contributed by atoms with E-state index in [0.717, 1.165) is 11.1 Å². The number of benzene rings is 3. The maximum absolute atomic E-state index is 12.7. The lowest BCUT2D eigenvalue weighted by molar-refractivity contribution is -0.0104. The highest BCUT2D eigenvalue weighted by Crippen LogP contribution is 2.27. The van der Waals surface area contributed by atoms with Crippen LogP contribution in [0.25, 0.3) is 0 Å². The zero-order valence-electron chi connectivity index (χ0n) is 25.2. The van der Waals surface area contributed by atoms with E-state index < -0.39 is 23.7 Å². The van der Waals surface area contributed by atoms with Gasteiger partial charge in [-0.2, -0.15) is 0 Å². The Kier molecular flexibility index (Phi) is 12.0. The molecule has 3 rings (SSSR count). The monoisotopic (exact) mass is 624 g/mol. The highest BCUT2D eigenvalue weighted by molar-refractivity contribution is 5.87. The zero-order valence-corrected chi connectivity index (χ0v) is 25.2. The minimum absolute atomic E-state index is 0.153. The molecule has 0 aliphatic heterocycles. The average Bonchev–Trinajstić information content (AvgIpc) is 3.03. The van der Waals surface area contributed by atoms with Gasteiger partial charge in [0.25, 0.3) is 0 Å². The minimum Gasteiger partial charge on any atom is -0.448 e. The van der Waals surface area contributed by atoms with Gasteiger partial charge in [0.2, 0.25) is 0 Å². The van der Waals surface area contributed by atoms with Gasteiger partial charge >= 0.3 is 18.3 Å². The summed E-state index contributed by atoms with van der Waals surface area (Å²) in [6, 6.07) is 14.2. The number of hydrogen-bond donors (Lipinski definition) is 7. The first kappa shape index (κ1) is 34.1. The largest absolute Gasteiger partial charge is 0.448 e. The molecule has 3 aromatic carbocycles. The second kappa shape index (κ2) is 15.9. The standard InChI is InChI=1S/C30H36N6O9/c1-5-30(15-43-27(37)31-21-9-6-18(2)24(12-21)34-40,16-44-28(38)32-22-10-7-19(3)25(13-22)35-41)17-45-29(39)33-23-11-8-20(4)26(14-23)36-42/h6-14,34-35,40-41H,5,15-17H2,1-4H3,(H,31,37)(H,32,38)(H,33,39). The second-order valence-electron chi connectivity index (χ2n) is 10.3. The maximum Gasteiger partial charge on any atom is 0.411 e. The summed E-state index contributed by atoms with van der Waals surface area (Å²) in [5.74, 6) is 0. The van der Waals surface area contributed by atoms with Crippen LogP contribution in [0.1, 0.15) is 30.0 Å².